The zero-order valence-electron chi connectivity index (χ0n) is 8.86. The Morgan fingerprint density at radius 3 is 2.87 bits per heavy atom. The molecule has 0 atom stereocenters. The summed E-state index contributed by atoms with van der Waals surface area (Å²) in [4.78, 5) is 15.3. The molecule has 2 rings (SSSR count). The summed E-state index contributed by atoms with van der Waals surface area (Å²) in [6.45, 7) is 5.01. The zero-order valence-corrected chi connectivity index (χ0v) is 9.67. The smallest absolute Gasteiger partial charge is 0.313 e. The van der Waals surface area contributed by atoms with E-state index >= 15 is 0 Å². The average Bonchev–Trinajstić information content (AvgIpc) is 2.77. The van der Waals surface area contributed by atoms with Crippen LogP contribution >= 0.6 is 11.3 Å². The summed E-state index contributed by atoms with van der Waals surface area (Å²) in [6, 6.07) is 4.16. The van der Waals surface area contributed by atoms with E-state index in [2.05, 4.69) is 30.3 Å². The van der Waals surface area contributed by atoms with E-state index in [9.17, 15) is 4.79 Å². The number of hydrogen-bond donors (Lipinski definition) is 1. The van der Waals surface area contributed by atoms with Crippen molar-refractivity contribution in [3.63, 3.8) is 0 Å². The first-order chi connectivity index (χ1) is 7.09. The van der Waals surface area contributed by atoms with Crippen molar-refractivity contribution in [3.8, 4) is 0 Å². The monoisotopic (exact) mass is 222 g/mol. The van der Waals surface area contributed by atoms with Crippen molar-refractivity contribution in [3.05, 3.63) is 45.3 Å². The van der Waals surface area contributed by atoms with Gasteiger partial charge in [0.1, 0.15) is 0 Å². The summed E-state index contributed by atoms with van der Waals surface area (Å²) in [5.41, 5.74) is -0.0418. The van der Waals surface area contributed by atoms with E-state index in [1.54, 1.807) is 28.3 Å². The van der Waals surface area contributed by atoms with E-state index in [-0.39, 0.29) is 11.1 Å². The second-order valence-corrected chi connectivity index (χ2v) is 5.20. The van der Waals surface area contributed by atoms with Gasteiger partial charge in [0, 0.05) is 29.2 Å². The molecule has 2 aromatic rings. The minimum Gasteiger partial charge on any atom is -0.313 e. The van der Waals surface area contributed by atoms with Crippen molar-refractivity contribution in [2.75, 3.05) is 0 Å². The Morgan fingerprint density at radius 2 is 2.33 bits per heavy atom. The highest BCUT2D eigenvalue weighted by molar-refractivity contribution is 7.10. The van der Waals surface area contributed by atoms with Crippen molar-refractivity contribution in [2.24, 2.45) is 0 Å². The molecule has 1 N–H and O–H groups in total. The van der Waals surface area contributed by atoms with Crippen LogP contribution < -0.4 is 5.69 Å². The minimum absolute atomic E-state index is 0.000185. The number of H-pyrrole nitrogens is 1. The Bertz CT molecular complexity index is 479. The molecule has 0 amide bonds. The van der Waals surface area contributed by atoms with E-state index < -0.39 is 0 Å². The highest BCUT2D eigenvalue weighted by Crippen LogP contribution is 2.28. The predicted octanol–water partition coefficient (Wildman–Crippen LogP) is 2.22. The van der Waals surface area contributed by atoms with Gasteiger partial charge >= 0.3 is 5.69 Å². The van der Waals surface area contributed by atoms with Crippen LogP contribution in [-0.4, -0.2) is 9.55 Å². The number of nitrogens with one attached hydrogen (secondary N) is 1. The van der Waals surface area contributed by atoms with Crippen LogP contribution in [0.5, 0.6) is 0 Å². The molecule has 80 valence electrons. The van der Waals surface area contributed by atoms with Crippen molar-refractivity contribution in [1.82, 2.24) is 9.55 Å². The zero-order chi connectivity index (χ0) is 10.9. The number of aromatic nitrogens is 2. The van der Waals surface area contributed by atoms with Crippen molar-refractivity contribution in [2.45, 2.75) is 25.8 Å². The van der Waals surface area contributed by atoms with Gasteiger partial charge in [-0.15, -0.1) is 11.3 Å². The summed E-state index contributed by atoms with van der Waals surface area (Å²) in [5, 5.41) is 2.07. The van der Waals surface area contributed by atoms with Gasteiger partial charge in [-0.3, -0.25) is 4.57 Å². The molecule has 0 bridgehead atoms. The van der Waals surface area contributed by atoms with Gasteiger partial charge in [-0.2, -0.15) is 0 Å². The average molecular weight is 222 g/mol. The Hall–Kier alpha value is -1.29. The standard InChI is InChI=1S/C11H14N2OS/c1-11(2,9-4-3-7-15-9)8-13-6-5-12-10(13)14/h3-7H,8H2,1-2H3,(H,12,14). The third kappa shape index (κ3) is 2.04. The highest BCUT2D eigenvalue weighted by Gasteiger charge is 2.22. The fourth-order valence-electron chi connectivity index (χ4n) is 1.64. The largest absolute Gasteiger partial charge is 0.325 e. The third-order valence-corrected chi connectivity index (χ3v) is 3.71. The number of rotatable bonds is 3. The molecule has 0 spiro atoms. The lowest BCUT2D eigenvalue weighted by molar-refractivity contribution is 0.435. The second-order valence-electron chi connectivity index (χ2n) is 4.25. The first kappa shape index (κ1) is 10.2. The van der Waals surface area contributed by atoms with E-state index in [0.29, 0.717) is 6.54 Å². The van der Waals surface area contributed by atoms with E-state index in [1.165, 1.54) is 4.88 Å². The summed E-state index contributed by atoms with van der Waals surface area (Å²) in [7, 11) is 0. The molecule has 0 saturated heterocycles. The van der Waals surface area contributed by atoms with Crippen LogP contribution in [0.3, 0.4) is 0 Å². The van der Waals surface area contributed by atoms with Gasteiger partial charge in [-0.25, -0.2) is 4.79 Å². The molecule has 0 aromatic carbocycles. The van der Waals surface area contributed by atoms with Crippen molar-refractivity contribution in [1.29, 1.82) is 0 Å². The molecule has 0 aliphatic rings. The van der Waals surface area contributed by atoms with Crippen LogP contribution in [0, 0.1) is 0 Å². The Labute approximate surface area is 92.4 Å². The maximum atomic E-state index is 11.4. The first-order valence-corrected chi connectivity index (χ1v) is 5.75. The molecule has 4 heteroatoms. The van der Waals surface area contributed by atoms with Crippen molar-refractivity contribution < 1.29 is 0 Å². The van der Waals surface area contributed by atoms with Crippen molar-refractivity contribution >= 4 is 11.3 Å². The van der Waals surface area contributed by atoms with Gasteiger partial charge in [0.15, 0.2) is 0 Å². The lowest BCUT2D eigenvalue weighted by Crippen LogP contribution is -2.28. The fraction of sp³-hybridized carbons (Fsp3) is 0.364. The molecule has 2 heterocycles. The molecule has 0 fully saturated rings. The van der Waals surface area contributed by atoms with Crippen LogP contribution in [0.2, 0.25) is 0 Å². The Kier molecular flexibility index (Phi) is 2.52. The summed E-state index contributed by atoms with van der Waals surface area (Å²) < 4.78 is 1.71. The second kappa shape index (κ2) is 3.70. The number of imidazole rings is 1. The normalized spacial score (nSPS) is 11.9. The molecular weight excluding hydrogens is 208 g/mol. The number of nitrogens with zero attached hydrogens (tertiary/aromatic N) is 1. The molecule has 0 radical (unpaired) electrons. The third-order valence-electron chi connectivity index (χ3n) is 2.48. The maximum Gasteiger partial charge on any atom is 0.325 e. The predicted molar refractivity (Wildman–Crippen MR) is 62.4 cm³/mol. The lowest BCUT2D eigenvalue weighted by Gasteiger charge is -2.23. The van der Waals surface area contributed by atoms with E-state index in [1.807, 2.05) is 6.07 Å². The number of aromatic amines is 1. The summed E-state index contributed by atoms with van der Waals surface area (Å²) in [5.74, 6) is 0. The first-order valence-electron chi connectivity index (χ1n) is 4.87. The molecule has 0 aliphatic carbocycles. The van der Waals surface area contributed by atoms with Gasteiger partial charge in [0.25, 0.3) is 0 Å². The Morgan fingerprint density at radius 1 is 1.53 bits per heavy atom. The van der Waals surface area contributed by atoms with Gasteiger partial charge in [0.2, 0.25) is 0 Å². The lowest BCUT2D eigenvalue weighted by atomic mass is 9.91. The number of hydrogen-bond acceptors (Lipinski definition) is 2. The SMILES string of the molecule is CC(C)(Cn1cc[nH]c1=O)c1cccs1. The van der Waals surface area contributed by atoms with E-state index in [0.717, 1.165) is 0 Å². The van der Waals surface area contributed by atoms with E-state index in [4.69, 9.17) is 0 Å². The topological polar surface area (TPSA) is 37.8 Å². The van der Waals surface area contributed by atoms with Gasteiger partial charge in [-0.05, 0) is 11.4 Å². The van der Waals surface area contributed by atoms with Crippen LogP contribution in [0.4, 0.5) is 0 Å². The minimum atomic E-state index is -0.0420. The van der Waals surface area contributed by atoms with Crippen LogP contribution in [0.1, 0.15) is 18.7 Å². The van der Waals surface area contributed by atoms with Crippen LogP contribution in [0.25, 0.3) is 0 Å². The molecule has 2 aromatic heterocycles. The Balaban J connectivity index is 2.26. The number of thiophene rings is 1. The summed E-state index contributed by atoms with van der Waals surface area (Å²) in [6.07, 6.45) is 3.46. The molecule has 0 unspecified atom stereocenters. The molecule has 0 saturated carbocycles. The van der Waals surface area contributed by atoms with Gasteiger partial charge in [-0.1, -0.05) is 19.9 Å². The quantitative estimate of drug-likeness (QED) is 0.849. The van der Waals surface area contributed by atoms with Crippen LogP contribution in [0.15, 0.2) is 34.7 Å². The fourth-order valence-corrected chi connectivity index (χ4v) is 2.49. The molecule has 3 nitrogen and oxygen atoms in total. The van der Waals surface area contributed by atoms with Crippen LogP contribution in [-0.2, 0) is 12.0 Å². The molecule has 0 aliphatic heterocycles. The van der Waals surface area contributed by atoms with Gasteiger partial charge in [0.05, 0.1) is 0 Å². The maximum absolute atomic E-state index is 11.4. The summed E-state index contributed by atoms with van der Waals surface area (Å²) >= 11 is 1.73. The van der Waals surface area contributed by atoms with Gasteiger partial charge < -0.3 is 4.98 Å². The highest BCUT2D eigenvalue weighted by atomic mass is 32.1. The molecule has 15 heavy (non-hydrogen) atoms. The molecular formula is C11H14N2OS.